The first-order valence-electron chi connectivity index (χ1n) is 8.12. The van der Waals surface area contributed by atoms with Gasteiger partial charge in [0.2, 0.25) is 0 Å². The molecule has 0 fully saturated rings. The highest BCUT2D eigenvalue weighted by molar-refractivity contribution is 7.99. The van der Waals surface area contributed by atoms with Crippen LogP contribution in [0.1, 0.15) is 12.8 Å². The van der Waals surface area contributed by atoms with Gasteiger partial charge in [0.05, 0.1) is 55.4 Å². The van der Waals surface area contributed by atoms with Crippen molar-refractivity contribution in [3.8, 4) is 0 Å². The van der Waals surface area contributed by atoms with Crippen molar-refractivity contribution < 1.29 is 8.97 Å². The molecule has 0 N–H and O–H groups in total. The van der Waals surface area contributed by atoms with Gasteiger partial charge in [-0.1, -0.05) is 0 Å². The van der Waals surface area contributed by atoms with Gasteiger partial charge >= 0.3 is 0 Å². The first-order valence-corrected chi connectivity index (χ1v) is 10.1. The van der Waals surface area contributed by atoms with Gasteiger partial charge in [0.15, 0.2) is 0 Å². The Bertz CT molecular complexity index is 375. The van der Waals surface area contributed by atoms with E-state index in [4.69, 9.17) is 0 Å². The molecule has 1 aromatic rings. The van der Waals surface area contributed by atoms with Crippen molar-refractivity contribution in [3.63, 3.8) is 0 Å². The predicted octanol–water partition coefficient (Wildman–Crippen LogP) is 4.06. The van der Waals surface area contributed by atoms with Crippen LogP contribution < -0.4 is 0 Å². The average Bonchev–Trinajstić information content (AvgIpc) is 2.39. The van der Waals surface area contributed by atoms with Crippen LogP contribution in [0.5, 0.6) is 0 Å². The summed E-state index contributed by atoms with van der Waals surface area (Å²) in [5, 5.41) is 0. The number of hydrogen-bond donors (Lipinski definition) is 0. The van der Waals surface area contributed by atoms with Crippen molar-refractivity contribution in [1.82, 2.24) is 0 Å². The minimum atomic E-state index is 1.06. The zero-order valence-corrected chi connectivity index (χ0v) is 16.9. The Morgan fingerprint density at radius 1 is 0.636 bits per heavy atom. The van der Waals surface area contributed by atoms with Gasteiger partial charge in [-0.2, -0.15) is 0 Å². The van der Waals surface area contributed by atoms with Gasteiger partial charge in [0.1, 0.15) is 0 Å². The van der Waals surface area contributed by atoms with E-state index in [1.165, 1.54) is 47.2 Å². The van der Waals surface area contributed by atoms with E-state index in [-0.39, 0.29) is 0 Å². The highest BCUT2D eigenvalue weighted by Crippen LogP contribution is 2.24. The van der Waals surface area contributed by atoms with E-state index in [1.807, 2.05) is 23.5 Å². The second-order valence-corrected chi connectivity index (χ2v) is 10.2. The van der Waals surface area contributed by atoms with Crippen LogP contribution in [0.25, 0.3) is 0 Å². The summed E-state index contributed by atoms with van der Waals surface area (Å²) in [5.74, 6) is 2.43. The molecule has 1 rings (SSSR count). The third-order valence-corrected chi connectivity index (χ3v) is 5.50. The van der Waals surface area contributed by atoms with Crippen LogP contribution in [0.15, 0.2) is 34.1 Å². The molecule has 0 unspecified atom stereocenters. The topological polar surface area (TPSA) is 0 Å². The van der Waals surface area contributed by atoms with Crippen LogP contribution in [0.4, 0.5) is 0 Å². The van der Waals surface area contributed by atoms with E-state index >= 15 is 0 Å². The zero-order valence-electron chi connectivity index (χ0n) is 15.3. The van der Waals surface area contributed by atoms with Crippen molar-refractivity contribution in [2.45, 2.75) is 22.6 Å². The number of benzene rings is 1. The van der Waals surface area contributed by atoms with Gasteiger partial charge in [-0.15, -0.1) is 23.5 Å². The maximum Gasteiger partial charge on any atom is 0.0788 e. The molecule has 1 aromatic carbocycles. The lowest BCUT2D eigenvalue weighted by Crippen LogP contribution is -2.35. The van der Waals surface area contributed by atoms with Crippen LogP contribution in [0.3, 0.4) is 0 Å². The molecule has 0 saturated heterocycles. The summed E-state index contributed by atoms with van der Waals surface area (Å²) >= 11 is 3.96. The summed E-state index contributed by atoms with van der Waals surface area (Å²) in [7, 11) is 13.6. The van der Waals surface area contributed by atoms with Crippen molar-refractivity contribution in [1.29, 1.82) is 0 Å². The summed E-state index contributed by atoms with van der Waals surface area (Å²) in [4.78, 5) is 2.80. The standard InChI is InChI=1S/C18H34N2S2/c1-19(2,3)13-7-15-21-17-9-11-18(12-10-17)22-16-8-14-20(4,5)6/h9-12H,7-8,13-16H2,1-6H3/q+2. The molecule has 0 aliphatic rings. The highest BCUT2D eigenvalue weighted by Gasteiger charge is 2.07. The Morgan fingerprint density at radius 3 is 1.23 bits per heavy atom. The second-order valence-electron chi connectivity index (χ2n) is 7.90. The summed E-state index contributed by atoms with van der Waals surface area (Å²) in [6.45, 7) is 2.49. The molecule has 0 aliphatic heterocycles. The van der Waals surface area contributed by atoms with Gasteiger partial charge in [-0.25, -0.2) is 0 Å². The number of nitrogens with zero attached hydrogens (tertiary/aromatic N) is 2. The maximum atomic E-state index is 2.28. The quantitative estimate of drug-likeness (QED) is 0.357. The van der Waals surface area contributed by atoms with Crippen LogP contribution in [0.2, 0.25) is 0 Å². The largest absolute Gasteiger partial charge is 0.331 e. The van der Waals surface area contributed by atoms with Crippen LogP contribution >= 0.6 is 23.5 Å². The Kier molecular flexibility index (Phi) is 8.33. The summed E-state index contributed by atoms with van der Waals surface area (Å²) in [6, 6.07) is 9.11. The highest BCUT2D eigenvalue weighted by atomic mass is 32.2. The second kappa shape index (κ2) is 9.21. The van der Waals surface area contributed by atoms with Gasteiger partial charge in [-0.3, -0.25) is 0 Å². The van der Waals surface area contributed by atoms with Crippen molar-refractivity contribution in [2.24, 2.45) is 0 Å². The predicted molar refractivity (Wildman–Crippen MR) is 103 cm³/mol. The first-order chi connectivity index (χ1) is 10.2. The fraction of sp³-hybridized carbons (Fsp3) is 0.667. The van der Waals surface area contributed by atoms with E-state index in [0.29, 0.717) is 0 Å². The monoisotopic (exact) mass is 342 g/mol. The molecular formula is C18H34N2S2+2. The third-order valence-electron chi connectivity index (χ3n) is 3.31. The van der Waals surface area contributed by atoms with Crippen LogP contribution in [0, 0.1) is 0 Å². The molecule has 0 radical (unpaired) electrons. The number of rotatable bonds is 10. The molecule has 22 heavy (non-hydrogen) atoms. The molecule has 0 amide bonds. The average molecular weight is 343 g/mol. The molecule has 0 aromatic heterocycles. The Hall–Kier alpha value is -0.160. The SMILES string of the molecule is C[N+](C)(C)CCCSc1ccc(SCCC[N+](C)(C)C)cc1. The van der Waals surface area contributed by atoms with E-state index < -0.39 is 0 Å². The minimum absolute atomic E-state index is 1.06. The molecule has 0 spiro atoms. The summed E-state index contributed by atoms with van der Waals surface area (Å²) in [6.07, 6.45) is 2.55. The molecule has 0 aliphatic carbocycles. The van der Waals surface area contributed by atoms with E-state index in [9.17, 15) is 0 Å². The van der Waals surface area contributed by atoms with E-state index in [2.05, 4.69) is 66.6 Å². The lowest BCUT2D eigenvalue weighted by Gasteiger charge is -2.23. The van der Waals surface area contributed by atoms with Gasteiger partial charge in [-0.05, 0) is 24.3 Å². The van der Waals surface area contributed by atoms with Crippen molar-refractivity contribution >= 4 is 23.5 Å². The first kappa shape index (κ1) is 19.9. The third kappa shape index (κ3) is 10.5. The Labute approximate surface area is 146 Å². The summed E-state index contributed by atoms with van der Waals surface area (Å²) < 4.78 is 2.12. The molecule has 0 heterocycles. The normalized spacial score (nSPS) is 12.6. The molecule has 0 atom stereocenters. The maximum absolute atomic E-state index is 2.28. The van der Waals surface area contributed by atoms with Crippen LogP contribution in [-0.2, 0) is 0 Å². The minimum Gasteiger partial charge on any atom is -0.331 e. The molecule has 0 bridgehead atoms. The van der Waals surface area contributed by atoms with E-state index in [0.717, 1.165) is 8.97 Å². The number of thioether (sulfide) groups is 2. The fourth-order valence-electron chi connectivity index (χ4n) is 2.09. The molecule has 2 nitrogen and oxygen atoms in total. The molecule has 126 valence electrons. The molecule has 4 heteroatoms. The van der Waals surface area contributed by atoms with Gasteiger partial charge in [0, 0.05) is 34.1 Å². The van der Waals surface area contributed by atoms with Gasteiger partial charge in [0.25, 0.3) is 0 Å². The van der Waals surface area contributed by atoms with Crippen molar-refractivity contribution in [2.75, 3.05) is 66.9 Å². The van der Waals surface area contributed by atoms with Gasteiger partial charge < -0.3 is 8.97 Å². The number of hydrogen-bond acceptors (Lipinski definition) is 2. The zero-order chi connectivity index (χ0) is 16.6. The molecule has 0 saturated carbocycles. The lowest BCUT2D eigenvalue weighted by atomic mass is 10.4. The number of quaternary nitrogens is 2. The smallest absolute Gasteiger partial charge is 0.0788 e. The van der Waals surface area contributed by atoms with Crippen LogP contribution in [-0.4, -0.2) is 75.8 Å². The Morgan fingerprint density at radius 2 is 0.955 bits per heavy atom. The summed E-state index contributed by atoms with van der Waals surface area (Å²) in [5.41, 5.74) is 0. The van der Waals surface area contributed by atoms with E-state index in [1.54, 1.807) is 0 Å². The lowest BCUT2D eigenvalue weighted by molar-refractivity contribution is -0.870. The fourth-order valence-corrected chi connectivity index (χ4v) is 3.77. The Balaban J connectivity index is 2.22. The molecular weight excluding hydrogens is 308 g/mol. The van der Waals surface area contributed by atoms with Crippen molar-refractivity contribution in [3.05, 3.63) is 24.3 Å².